The fraction of sp³-hybridized carbons (Fsp3) is 1.00. The van der Waals surface area contributed by atoms with Crippen molar-refractivity contribution < 1.29 is 0 Å². The lowest BCUT2D eigenvalue weighted by Crippen LogP contribution is -2.48. The first-order valence-electron chi connectivity index (χ1n) is 6.35. The molecule has 1 fully saturated rings. The molecule has 0 bridgehead atoms. The predicted molar refractivity (Wildman–Crippen MR) is 66.9 cm³/mol. The molecule has 1 aliphatic rings. The Kier molecular flexibility index (Phi) is 4.19. The van der Waals surface area contributed by atoms with E-state index >= 15 is 0 Å². The Bertz CT molecular complexity index is 193. The summed E-state index contributed by atoms with van der Waals surface area (Å²) in [5, 5.41) is 3.55. The molecule has 15 heavy (non-hydrogen) atoms. The number of nitrogens with one attached hydrogen (secondary N) is 1. The van der Waals surface area contributed by atoms with Gasteiger partial charge in [0, 0.05) is 12.1 Å². The molecular formula is C13H28N2. The molecule has 3 N–H and O–H groups in total. The average molecular weight is 212 g/mol. The van der Waals surface area contributed by atoms with E-state index in [1.165, 1.54) is 19.3 Å². The van der Waals surface area contributed by atoms with Gasteiger partial charge in [-0.2, -0.15) is 0 Å². The molecule has 0 atom stereocenters. The Balaban J connectivity index is 2.11. The first kappa shape index (κ1) is 13.0. The molecule has 0 aromatic rings. The normalized spacial score (nSPS) is 20.4. The zero-order valence-corrected chi connectivity index (χ0v) is 10.9. The SMILES string of the molecule is CC(C)C(C)(C)CNCCC1(N)CCC1. The van der Waals surface area contributed by atoms with Crippen LogP contribution in [0.4, 0.5) is 0 Å². The van der Waals surface area contributed by atoms with Gasteiger partial charge in [-0.05, 0) is 43.6 Å². The second-order valence-corrected chi connectivity index (χ2v) is 6.29. The summed E-state index contributed by atoms with van der Waals surface area (Å²) in [5.74, 6) is 0.723. The van der Waals surface area contributed by atoms with Crippen LogP contribution in [-0.4, -0.2) is 18.6 Å². The molecule has 0 heterocycles. The van der Waals surface area contributed by atoms with Gasteiger partial charge in [-0.15, -0.1) is 0 Å². The van der Waals surface area contributed by atoms with Crippen molar-refractivity contribution in [1.29, 1.82) is 0 Å². The van der Waals surface area contributed by atoms with Crippen LogP contribution in [0.25, 0.3) is 0 Å². The average Bonchev–Trinajstić information content (AvgIpc) is 2.09. The van der Waals surface area contributed by atoms with Crippen molar-refractivity contribution in [2.75, 3.05) is 13.1 Å². The van der Waals surface area contributed by atoms with Crippen molar-refractivity contribution in [1.82, 2.24) is 5.32 Å². The van der Waals surface area contributed by atoms with Crippen molar-refractivity contribution in [3.8, 4) is 0 Å². The summed E-state index contributed by atoms with van der Waals surface area (Å²) in [4.78, 5) is 0. The first-order valence-corrected chi connectivity index (χ1v) is 6.35. The maximum atomic E-state index is 6.17. The minimum atomic E-state index is 0.176. The summed E-state index contributed by atoms with van der Waals surface area (Å²) in [6.45, 7) is 11.4. The molecule has 0 aliphatic heterocycles. The molecule has 1 rings (SSSR count). The quantitative estimate of drug-likeness (QED) is 0.664. The Hall–Kier alpha value is -0.0800. The Labute approximate surface area is 95.0 Å². The molecule has 0 radical (unpaired) electrons. The van der Waals surface area contributed by atoms with Crippen LogP contribution >= 0.6 is 0 Å². The summed E-state index contributed by atoms with van der Waals surface area (Å²) >= 11 is 0. The third-order valence-electron chi connectivity index (χ3n) is 4.29. The maximum absolute atomic E-state index is 6.17. The predicted octanol–water partition coefficient (Wildman–Crippen LogP) is 2.53. The molecule has 90 valence electrons. The van der Waals surface area contributed by atoms with E-state index in [0.29, 0.717) is 5.41 Å². The van der Waals surface area contributed by atoms with Crippen LogP contribution in [0, 0.1) is 11.3 Å². The molecule has 0 aromatic carbocycles. The zero-order valence-electron chi connectivity index (χ0n) is 10.9. The molecule has 1 aliphatic carbocycles. The smallest absolute Gasteiger partial charge is 0.0166 e. The topological polar surface area (TPSA) is 38.0 Å². The van der Waals surface area contributed by atoms with Gasteiger partial charge in [0.2, 0.25) is 0 Å². The molecule has 2 heteroatoms. The summed E-state index contributed by atoms with van der Waals surface area (Å²) < 4.78 is 0. The van der Waals surface area contributed by atoms with E-state index in [1.807, 2.05) is 0 Å². The highest BCUT2D eigenvalue weighted by molar-refractivity contribution is 4.92. The lowest BCUT2D eigenvalue weighted by molar-refractivity contribution is 0.209. The second-order valence-electron chi connectivity index (χ2n) is 6.29. The largest absolute Gasteiger partial charge is 0.325 e. The molecule has 0 unspecified atom stereocenters. The van der Waals surface area contributed by atoms with Crippen molar-refractivity contribution in [2.24, 2.45) is 17.1 Å². The van der Waals surface area contributed by atoms with E-state index in [2.05, 4.69) is 33.0 Å². The fourth-order valence-electron chi connectivity index (χ4n) is 1.83. The Morgan fingerprint density at radius 3 is 2.33 bits per heavy atom. The van der Waals surface area contributed by atoms with Crippen molar-refractivity contribution in [3.63, 3.8) is 0 Å². The number of hydrogen-bond acceptors (Lipinski definition) is 2. The van der Waals surface area contributed by atoms with Crippen LogP contribution in [0.15, 0.2) is 0 Å². The van der Waals surface area contributed by atoms with Gasteiger partial charge in [0.1, 0.15) is 0 Å². The van der Waals surface area contributed by atoms with Crippen molar-refractivity contribution in [2.45, 2.75) is 58.9 Å². The number of rotatable bonds is 6. The highest BCUT2D eigenvalue weighted by atomic mass is 14.9. The van der Waals surface area contributed by atoms with E-state index in [9.17, 15) is 0 Å². The summed E-state index contributed by atoms with van der Waals surface area (Å²) in [7, 11) is 0. The van der Waals surface area contributed by atoms with E-state index in [1.54, 1.807) is 0 Å². The summed E-state index contributed by atoms with van der Waals surface area (Å²) in [5.41, 5.74) is 6.74. The van der Waals surface area contributed by atoms with E-state index in [-0.39, 0.29) is 5.54 Å². The molecule has 0 amide bonds. The molecular weight excluding hydrogens is 184 g/mol. The van der Waals surface area contributed by atoms with Crippen LogP contribution in [0.2, 0.25) is 0 Å². The van der Waals surface area contributed by atoms with E-state index in [0.717, 1.165) is 25.4 Å². The van der Waals surface area contributed by atoms with Gasteiger partial charge in [0.15, 0.2) is 0 Å². The van der Waals surface area contributed by atoms with Gasteiger partial charge >= 0.3 is 0 Å². The van der Waals surface area contributed by atoms with Gasteiger partial charge in [-0.1, -0.05) is 27.7 Å². The summed E-state index contributed by atoms with van der Waals surface area (Å²) in [6.07, 6.45) is 4.92. The van der Waals surface area contributed by atoms with Crippen LogP contribution in [0.5, 0.6) is 0 Å². The van der Waals surface area contributed by atoms with Gasteiger partial charge in [0.25, 0.3) is 0 Å². The Morgan fingerprint density at radius 1 is 1.33 bits per heavy atom. The highest BCUT2D eigenvalue weighted by Crippen LogP contribution is 2.31. The van der Waals surface area contributed by atoms with Gasteiger partial charge in [-0.25, -0.2) is 0 Å². The minimum absolute atomic E-state index is 0.176. The van der Waals surface area contributed by atoms with Gasteiger partial charge < -0.3 is 11.1 Å². The van der Waals surface area contributed by atoms with E-state index in [4.69, 9.17) is 5.73 Å². The van der Waals surface area contributed by atoms with Crippen LogP contribution in [0.3, 0.4) is 0 Å². The van der Waals surface area contributed by atoms with Crippen LogP contribution in [-0.2, 0) is 0 Å². The standard InChI is InChI=1S/C13H28N2/c1-11(2)12(3,4)10-15-9-8-13(14)6-5-7-13/h11,15H,5-10,14H2,1-4H3. The molecule has 2 nitrogen and oxygen atoms in total. The van der Waals surface area contributed by atoms with Crippen LogP contribution < -0.4 is 11.1 Å². The fourth-order valence-corrected chi connectivity index (χ4v) is 1.83. The first-order chi connectivity index (χ1) is 6.86. The van der Waals surface area contributed by atoms with Gasteiger partial charge in [0.05, 0.1) is 0 Å². The third kappa shape index (κ3) is 3.76. The highest BCUT2D eigenvalue weighted by Gasteiger charge is 2.31. The molecule has 1 saturated carbocycles. The van der Waals surface area contributed by atoms with Crippen molar-refractivity contribution in [3.05, 3.63) is 0 Å². The Morgan fingerprint density at radius 2 is 1.93 bits per heavy atom. The lowest BCUT2D eigenvalue weighted by atomic mass is 9.75. The zero-order chi connectivity index (χ0) is 11.5. The maximum Gasteiger partial charge on any atom is 0.0166 e. The molecule has 0 spiro atoms. The minimum Gasteiger partial charge on any atom is -0.325 e. The number of hydrogen-bond donors (Lipinski definition) is 2. The lowest BCUT2D eigenvalue weighted by Gasteiger charge is -2.38. The monoisotopic (exact) mass is 212 g/mol. The van der Waals surface area contributed by atoms with E-state index < -0.39 is 0 Å². The third-order valence-corrected chi connectivity index (χ3v) is 4.29. The molecule has 0 aromatic heterocycles. The molecule has 0 saturated heterocycles. The number of nitrogens with two attached hydrogens (primary N) is 1. The second kappa shape index (κ2) is 4.84. The van der Waals surface area contributed by atoms with Crippen molar-refractivity contribution >= 4 is 0 Å². The van der Waals surface area contributed by atoms with Crippen LogP contribution in [0.1, 0.15) is 53.4 Å². The van der Waals surface area contributed by atoms with Gasteiger partial charge in [-0.3, -0.25) is 0 Å². The summed E-state index contributed by atoms with van der Waals surface area (Å²) in [6, 6.07) is 0.